The minimum Gasteiger partial charge on any atom is -0.480 e. The van der Waals surface area contributed by atoms with Crippen LogP contribution in [0.25, 0.3) is 0 Å². The summed E-state index contributed by atoms with van der Waals surface area (Å²) in [5.74, 6) is -1.10. The van der Waals surface area contributed by atoms with E-state index in [0.29, 0.717) is 0 Å². The molecule has 0 amide bonds. The summed E-state index contributed by atoms with van der Waals surface area (Å²) >= 11 is 0. The molecule has 8 nitrogen and oxygen atoms in total. The van der Waals surface area contributed by atoms with Crippen molar-refractivity contribution >= 4 is 26.8 Å². The van der Waals surface area contributed by atoms with Crippen molar-refractivity contribution in [2.75, 3.05) is 12.8 Å². The minimum atomic E-state index is -3.83. The summed E-state index contributed by atoms with van der Waals surface area (Å²) in [6.45, 7) is 4.30. The van der Waals surface area contributed by atoms with Crippen LogP contribution in [-0.2, 0) is 32.2 Å². The van der Waals surface area contributed by atoms with Crippen molar-refractivity contribution in [3.63, 3.8) is 0 Å². The first kappa shape index (κ1) is 17.8. The highest BCUT2D eigenvalue weighted by Crippen LogP contribution is 2.19. The van der Waals surface area contributed by atoms with E-state index >= 15 is 0 Å². The first-order chi connectivity index (χ1) is 9.56. The largest absolute Gasteiger partial charge is 0.480 e. The summed E-state index contributed by atoms with van der Waals surface area (Å²) in [5, 5.41) is 12.4. The molecule has 21 heavy (non-hydrogen) atoms. The van der Waals surface area contributed by atoms with Crippen molar-refractivity contribution in [1.29, 1.82) is 0 Å². The van der Waals surface area contributed by atoms with Gasteiger partial charge in [0, 0.05) is 28.9 Å². The fraction of sp³-hybridized carbons (Fsp3) is 0.636. The number of nitrogens with zero attached hydrogens (tertiary/aromatic N) is 2. The Morgan fingerprint density at radius 1 is 1.48 bits per heavy atom. The third kappa shape index (κ3) is 4.35. The van der Waals surface area contributed by atoms with Gasteiger partial charge in [0.1, 0.15) is 11.4 Å². The predicted octanol–water partition coefficient (Wildman–Crippen LogP) is -0.370. The Morgan fingerprint density at radius 2 is 2.05 bits per heavy atom. The fourth-order valence-corrected chi connectivity index (χ4v) is 3.73. The molecule has 10 heteroatoms. The lowest BCUT2D eigenvalue weighted by Gasteiger charge is -2.11. The van der Waals surface area contributed by atoms with Crippen LogP contribution in [0.15, 0.2) is 4.90 Å². The van der Waals surface area contributed by atoms with Gasteiger partial charge in [-0.2, -0.15) is 5.10 Å². The number of hydrogen-bond donors (Lipinski definition) is 2. The number of sulfonamides is 1. The van der Waals surface area contributed by atoms with E-state index in [1.165, 1.54) is 20.1 Å². The van der Waals surface area contributed by atoms with E-state index in [-0.39, 0.29) is 28.1 Å². The first-order valence-corrected chi connectivity index (χ1v) is 9.24. The highest BCUT2D eigenvalue weighted by Gasteiger charge is 2.25. The van der Waals surface area contributed by atoms with Crippen molar-refractivity contribution in [2.45, 2.75) is 37.5 Å². The molecule has 0 bridgehead atoms. The maximum absolute atomic E-state index is 12.3. The SMILES string of the molecule is Cc1nn(CC(=O)O)c(C)c1S(=O)(=O)NCC(C)S(C)=O. The fourth-order valence-electron chi connectivity index (χ4n) is 1.77. The molecule has 0 spiro atoms. The number of carbonyl (C=O) groups is 1. The quantitative estimate of drug-likeness (QED) is 0.701. The third-order valence-corrected chi connectivity index (χ3v) is 5.97. The van der Waals surface area contributed by atoms with Crippen molar-refractivity contribution in [3.8, 4) is 0 Å². The molecule has 1 aromatic heterocycles. The molecule has 2 unspecified atom stereocenters. The topological polar surface area (TPSA) is 118 Å². The second-order valence-corrected chi connectivity index (χ2v) is 8.22. The maximum atomic E-state index is 12.3. The highest BCUT2D eigenvalue weighted by atomic mass is 32.2. The van der Waals surface area contributed by atoms with Gasteiger partial charge in [-0.15, -0.1) is 0 Å². The third-order valence-electron chi connectivity index (χ3n) is 3.00. The maximum Gasteiger partial charge on any atom is 0.325 e. The van der Waals surface area contributed by atoms with Gasteiger partial charge in [0.2, 0.25) is 10.0 Å². The number of carboxylic acids is 1. The Balaban J connectivity index is 3.06. The molecule has 0 saturated heterocycles. The number of nitrogens with one attached hydrogen (secondary N) is 1. The number of carboxylic acid groups (broad SMARTS) is 1. The number of aliphatic carboxylic acids is 1. The molecule has 1 heterocycles. The van der Waals surface area contributed by atoms with Gasteiger partial charge < -0.3 is 5.11 Å². The van der Waals surface area contributed by atoms with Crippen molar-refractivity contribution in [3.05, 3.63) is 11.4 Å². The number of aryl methyl sites for hydroxylation is 1. The molecule has 2 atom stereocenters. The zero-order chi connectivity index (χ0) is 16.4. The van der Waals surface area contributed by atoms with Crippen molar-refractivity contribution in [2.24, 2.45) is 0 Å². The molecule has 0 saturated carbocycles. The first-order valence-electron chi connectivity index (χ1n) is 6.14. The van der Waals surface area contributed by atoms with Crippen LogP contribution in [0, 0.1) is 13.8 Å². The van der Waals surface area contributed by atoms with Gasteiger partial charge >= 0.3 is 5.97 Å². The van der Waals surface area contributed by atoms with E-state index in [0.717, 1.165) is 4.68 Å². The monoisotopic (exact) mass is 337 g/mol. The average molecular weight is 337 g/mol. The predicted molar refractivity (Wildman–Crippen MR) is 78.1 cm³/mol. The van der Waals surface area contributed by atoms with E-state index in [1.54, 1.807) is 6.92 Å². The van der Waals surface area contributed by atoms with E-state index in [4.69, 9.17) is 5.11 Å². The van der Waals surface area contributed by atoms with Crippen LogP contribution in [0.2, 0.25) is 0 Å². The summed E-state index contributed by atoms with van der Waals surface area (Å²) in [4.78, 5) is 10.7. The van der Waals surface area contributed by atoms with Crippen LogP contribution in [0.3, 0.4) is 0 Å². The smallest absolute Gasteiger partial charge is 0.325 e. The van der Waals surface area contributed by atoms with Gasteiger partial charge in [0.25, 0.3) is 0 Å². The van der Waals surface area contributed by atoms with E-state index in [1.807, 2.05) is 0 Å². The summed E-state index contributed by atoms with van der Waals surface area (Å²) in [5.41, 5.74) is 0.485. The highest BCUT2D eigenvalue weighted by molar-refractivity contribution is 7.89. The Hall–Kier alpha value is -1.26. The van der Waals surface area contributed by atoms with Gasteiger partial charge in [0.05, 0.1) is 11.4 Å². The molecule has 2 N–H and O–H groups in total. The molecule has 120 valence electrons. The van der Waals surface area contributed by atoms with Gasteiger partial charge in [0.15, 0.2) is 0 Å². The number of aromatic nitrogens is 2. The van der Waals surface area contributed by atoms with Gasteiger partial charge in [-0.05, 0) is 20.8 Å². The Morgan fingerprint density at radius 3 is 2.52 bits per heavy atom. The lowest BCUT2D eigenvalue weighted by Crippen LogP contribution is -2.33. The van der Waals surface area contributed by atoms with Crippen LogP contribution < -0.4 is 4.72 Å². The van der Waals surface area contributed by atoms with E-state index in [9.17, 15) is 17.4 Å². The average Bonchev–Trinajstić information content (AvgIpc) is 2.61. The van der Waals surface area contributed by atoms with Crippen molar-refractivity contribution < 1.29 is 22.5 Å². The lowest BCUT2D eigenvalue weighted by atomic mass is 10.4. The summed E-state index contributed by atoms with van der Waals surface area (Å²) in [6.07, 6.45) is 1.50. The van der Waals surface area contributed by atoms with Gasteiger partial charge in [-0.1, -0.05) is 0 Å². The van der Waals surface area contributed by atoms with Crippen LogP contribution in [0.5, 0.6) is 0 Å². The second-order valence-electron chi connectivity index (χ2n) is 4.71. The summed E-state index contributed by atoms with van der Waals surface area (Å²) in [6, 6.07) is 0. The standard InChI is InChI=1S/C11H19N3O5S2/c1-7(20(4)17)5-12-21(18,19)11-8(2)13-14(9(11)3)6-10(15)16/h7,12H,5-6H2,1-4H3,(H,15,16). The minimum absolute atomic E-state index is 0.0298. The van der Waals surface area contributed by atoms with Crippen LogP contribution >= 0.6 is 0 Å². The molecule has 0 aromatic carbocycles. The Labute approximate surface area is 126 Å². The Kier molecular flexibility index (Phi) is 5.65. The zero-order valence-electron chi connectivity index (χ0n) is 12.3. The molecule has 0 aliphatic rings. The normalized spacial score (nSPS) is 14.9. The van der Waals surface area contributed by atoms with Crippen molar-refractivity contribution in [1.82, 2.24) is 14.5 Å². The van der Waals surface area contributed by atoms with Crippen LogP contribution in [0.4, 0.5) is 0 Å². The lowest BCUT2D eigenvalue weighted by molar-refractivity contribution is -0.137. The van der Waals surface area contributed by atoms with E-state index in [2.05, 4.69) is 9.82 Å². The molecule has 0 aliphatic heterocycles. The molecule has 0 fully saturated rings. The van der Waals surface area contributed by atoms with Gasteiger partial charge in [-0.25, -0.2) is 13.1 Å². The zero-order valence-corrected chi connectivity index (χ0v) is 13.9. The molecule has 1 aromatic rings. The second kappa shape index (κ2) is 6.67. The number of hydrogen-bond acceptors (Lipinski definition) is 5. The Bertz CT molecular complexity index is 666. The molecular weight excluding hydrogens is 318 g/mol. The molecule has 0 aliphatic carbocycles. The summed E-state index contributed by atoms with van der Waals surface area (Å²) < 4.78 is 39.3. The van der Waals surface area contributed by atoms with Crippen LogP contribution in [0.1, 0.15) is 18.3 Å². The number of rotatable bonds is 7. The molecule has 1 rings (SSSR count). The summed E-state index contributed by atoms with van der Waals surface area (Å²) in [7, 11) is -4.97. The molecule has 0 radical (unpaired) electrons. The van der Waals surface area contributed by atoms with Gasteiger partial charge in [-0.3, -0.25) is 13.7 Å². The molecular formula is C11H19N3O5S2. The van der Waals surface area contributed by atoms with E-state index < -0.39 is 33.3 Å². The van der Waals surface area contributed by atoms with Crippen LogP contribution in [-0.4, -0.2) is 51.5 Å².